The van der Waals surface area contributed by atoms with E-state index in [0.29, 0.717) is 0 Å². The van der Waals surface area contributed by atoms with Crippen molar-refractivity contribution < 1.29 is 0 Å². The van der Waals surface area contributed by atoms with Crippen LogP contribution >= 0.6 is 0 Å². The number of aryl methyl sites for hydroxylation is 3. The molecule has 0 fully saturated rings. The molecule has 0 saturated heterocycles. The van der Waals surface area contributed by atoms with E-state index in [1.165, 1.54) is 77.5 Å². The SMILES string of the molecule is CC.CC.Cc1ccc(C2(c3ccc(N)cc3)C=Cc3c(C)c(-c4ccccc4Cc4cc(C)cc(C)c4)c4ccccc4c3C2)cc1. The first-order valence-electron chi connectivity index (χ1n) is 17.6. The van der Waals surface area contributed by atoms with E-state index in [4.69, 9.17) is 5.73 Å². The van der Waals surface area contributed by atoms with Crippen LogP contribution in [0.5, 0.6) is 0 Å². The van der Waals surface area contributed by atoms with Gasteiger partial charge >= 0.3 is 0 Å². The average molecular weight is 630 g/mol. The topological polar surface area (TPSA) is 26.0 Å². The molecule has 2 N–H and O–H groups in total. The van der Waals surface area contributed by atoms with Gasteiger partial charge in [0.05, 0.1) is 0 Å². The minimum Gasteiger partial charge on any atom is -0.399 e. The number of benzene rings is 6. The van der Waals surface area contributed by atoms with Crippen LogP contribution in [-0.4, -0.2) is 0 Å². The number of fused-ring (bicyclic) bond motifs is 3. The molecule has 1 aliphatic carbocycles. The zero-order valence-corrected chi connectivity index (χ0v) is 30.1. The van der Waals surface area contributed by atoms with E-state index in [1.54, 1.807) is 0 Å². The van der Waals surface area contributed by atoms with Crippen LogP contribution in [0.15, 0.2) is 121 Å². The molecule has 48 heavy (non-hydrogen) atoms. The average Bonchev–Trinajstić information content (AvgIpc) is 3.11. The van der Waals surface area contributed by atoms with Gasteiger partial charge in [-0.15, -0.1) is 0 Å². The van der Waals surface area contributed by atoms with Gasteiger partial charge in [0, 0.05) is 11.1 Å². The summed E-state index contributed by atoms with van der Waals surface area (Å²) in [6.07, 6.45) is 6.63. The van der Waals surface area contributed by atoms with Gasteiger partial charge in [-0.25, -0.2) is 0 Å². The minimum atomic E-state index is -0.286. The molecular formula is C47H51N. The summed E-state index contributed by atoms with van der Waals surface area (Å²) in [4.78, 5) is 0. The van der Waals surface area contributed by atoms with E-state index < -0.39 is 0 Å². The smallest absolute Gasteiger partial charge is 0.0425 e. The summed E-state index contributed by atoms with van der Waals surface area (Å²) in [5.74, 6) is 0. The second-order valence-electron chi connectivity index (χ2n) is 12.7. The van der Waals surface area contributed by atoms with Crippen molar-refractivity contribution >= 4 is 22.5 Å². The second-order valence-corrected chi connectivity index (χ2v) is 12.7. The summed E-state index contributed by atoms with van der Waals surface area (Å²) in [7, 11) is 0. The van der Waals surface area contributed by atoms with Crippen molar-refractivity contribution in [3.63, 3.8) is 0 Å². The lowest BCUT2D eigenvalue weighted by Crippen LogP contribution is -2.31. The summed E-state index contributed by atoms with van der Waals surface area (Å²) >= 11 is 0. The van der Waals surface area contributed by atoms with Crippen molar-refractivity contribution in [3.05, 3.63) is 177 Å². The van der Waals surface area contributed by atoms with Gasteiger partial charge in [-0.3, -0.25) is 0 Å². The Kier molecular flexibility index (Phi) is 10.7. The highest BCUT2D eigenvalue weighted by molar-refractivity contribution is 6.04. The summed E-state index contributed by atoms with van der Waals surface area (Å²) < 4.78 is 0. The van der Waals surface area contributed by atoms with Crippen molar-refractivity contribution in [2.75, 3.05) is 5.73 Å². The molecule has 6 aromatic carbocycles. The number of hydrogen-bond donors (Lipinski definition) is 1. The number of rotatable bonds is 5. The van der Waals surface area contributed by atoms with E-state index in [2.05, 4.69) is 143 Å². The molecule has 0 bridgehead atoms. The van der Waals surface area contributed by atoms with Crippen molar-refractivity contribution in [1.29, 1.82) is 0 Å². The molecule has 1 unspecified atom stereocenters. The fraction of sp³-hybridized carbons (Fsp3) is 0.234. The summed E-state index contributed by atoms with van der Waals surface area (Å²) in [6, 6.07) is 42.5. The molecule has 1 heteroatoms. The monoisotopic (exact) mass is 629 g/mol. The molecule has 0 saturated carbocycles. The van der Waals surface area contributed by atoms with Gasteiger partial charge in [0.25, 0.3) is 0 Å². The van der Waals surface area contributed by atoms with Crippen molar-refractivity contribution in [2.45, 2.75) is 73.6 Å². The predicted molar refractivity (Wildman–Crippen MR) is 211 cm³/mol. The zero-order valence-electron chi connectivity index (χ0n) is 30.1. The van der Waals surface area contributed by atoms with Crippen LogP contribution < -0.4 is 5.73 Å². The fourth-order valence-corrected chi connectivity index (χ4v) is 7.50. The van der Waals surface area contributed by atoms with Gasteiger partial charge < -0.3 is 5.73 Å². The number of nitrogens with two attached hydrogens (primary N) is 1. The molecule has 0 aromatic heterocycles. The van der Waals surface area contributed by atoms with Crippen LogP contribution in [0.2, 0.25) is 0 Å². The van der Waals surface area contributed by atoms with E-state index in [0.717, 1.165) is 18.5 Å². The Morgan fingerprint density at radius 3 is 1.81 bits per heavy atom. The molecule has 1 aliphatic rings. The molecule has 0 aliphatic heterocycles. The Morgan fingerprint density at radius 1 is 0.604 bits per heavy atom. The number of allylic oxidation sites excluding steroid dienone is 1. The molecule has 0 heterocycles. The standard InChI is InChI=1S/C43H39N.2C2H6/c1-28-13-15-34(16-14-28)43(35-17-19-36(44)20-18-35)22-21-37-31(4)42(40-12-8-7-11-39(40)41(37)27-43)38-10-6-5-9-33(38)26-32-24-29(2)23-30(3)25-32;2*1-2/h5-25H,26-27,44H2,1-4H3;2*1-2H3. The van der Waals surface area contributed by atoms with Gasteiger partial charge in [0.2, 0.25) is 0 Å². The summed E-state index contributed by atoms with van der Waals surface area (Å²) in [5.41, 5.74) is 22.6. The molecule has 6 aromatic rings. The lowest BCUT2D eigenvalue weighted by atomic mass is 9.65. The largest absolute Gasteiger partial charge is 0.399 e. The van der Waals surface area contributed by atoms with E-state index in [9.17, 15) is 0 Å². The number of hydrogen-bond acceptors (Lipinski definition) is 1. The van der Waals surface area contributed by atoms with Crippen molar-refractivity contribution in [2.24, 2.45) is 0 Å². The van der Waals surface area contributed by atoms with Crippen LogP contribution in [0.25, 0.3) is 28.0 Å². The van der Waals surface area contributed by atoms with Crippen LogP contribution in [0, 0.1) is 27.7 Å². The predicted octanol–water partition coefficient (Wildman–Crippen LogP) is 12.5. The Labute approximate surface area is 289 Å². The molecule has 244 valence electrons. The number of anilines is 1. The lowest BCUT2D eigenvalue weighted by Gasteiger charge is -2.37. The van der Waals surface area contributed by atoms with Crippen molar-refractivity contribution in [3.8, 4) is 11.1 Å². The summed E-state index contributed by atoms with van der Waals surface area (Å²) in [6.45, 7) is 16.9. The maximum Gasteiger partial charge on any atom is 0.0425 e. The third-order valence-electron chi connectivity index (χ3n) is 9.57. The van der Waals surface area contributed by atoms with Crippen LogP contribution in [0.3, 0.4) is 0 Å². The maximum absolute atomic E-state index is 6.16. The molecule has 0 radical (unpaired) electrons. The van der Waals surface area contributed by atoms with E-state index >= 15 is 0 Å². The maximum atomic E-state index is 6.16. The molecule has 1 nitrogen and oxygen atoms in total. The first-order chi connectivity index (χ1) is 23.3. The normalized spacial score (nSPS) is 14.8. The Hall–Kier alpha value is -4.88. The second kappa shape index (κ2) is 14.9. The molecular weight excluding hydrogens is 579 g/mol. The van der Waals surface area contributed by atoms with Crippen molar-refractivity contribution in [1.82, 2.24) is 0 Å². The third kappa shape index (κ3) is 6.60. The van der Waals surface area contributed by atoms with Crippen LogP contribution in [-0.2, 0) is 18.3 Å². The van der Waals surface area contributed by atoms with Gasteiger partial charge in [-0.2, -0.15) is 0 Å². The first-order valence-corrected chi connectivity index (χ1v) is 17.6. The lowest BCUT2D eigenvalue weighted by molar-refractivity contribution is 0.636. The molecule has 7 rings (SSSR count). The molecule has 1 atom stereocenters. The van der Waals surface area contributed by atoms with Gasteiger partial charge in [0.15, 0.2) is 0 Å². The van der Waals surface area contributed by atoms with Crippen LogP contribution in [0.1, 0.15) is 83.3 Å². The molecule has 0 spiro atoms. The highest BCUT2D eigenvalue weighted by Gasteiger charge is 2.36. The Bertz CT molecular complexity index is 1980. The Balaban J connectivity index is 0.00000109. The van der Waals surface area contributed by atoms with Crippen LogP contribution in [0.4, 0.5) is 5.69 Å². The summed E-state index contributed by atoms with van der Waals surface area (Å²) in [5, 5.41) is 2.66. The molecule has 0 amide bonds. The quantitative estimate of drug-likeness (QED) is 0.189. The zero-order chi connectivity index (χ0) is 34.4. The van der Waals surface area contributed by atoms with E-state index in [1.807, 2.05) is 39.8 Å². The fourth-order valence-electron chi connectivity index (χ4n) is 7.50. The van der Waals surface area contributed by atoms with E-state index in [-0.39, 0.29) is 5.41 Å². The highest BCUT2D eigenvalue weighted by Crippen LogP contribution is 2.47. The van der Waals surface area contributed by atoms with Gasteiger partial charge in [0.1, 0.15) is 0 Å². The number of nitrogen functional groups attached to an aromatic ring is 1. The third-order valence-corrected chi connectivity index (χ3v) is 9.57. The van der Waals surface area contributed by atoms with Gasteiger partial charge in [-0.1, -0.05) is 160 Å². The Morgan fingerprint density at radius 2 is 1.17 bits per heavy atom. The first kappa shape index (κ1) is 34.5. The van der Waals surface area contributed by atoms with Gasteiger partial charge in [-0.05, 0) is 114 Å². The minimum absolute atomic E-state index is 0.286. The highest BCUT2D eigenvalue weighted by atomic mass is 14.5.